The second-order valence-corrected chi connectivity index (χ2v) is 5.03. The first-order valence-electron chi connectivity index (χ1n) is 7.53. The minimum atomic E-state index is 0.565. The lowest BCUT2D eigenvalue weighted by molar-refractivity contribution is 0.323. The van der Waals surface area contributed by atoms with E-state index in [0.29, 0.717) is 23.8 Å². The van der Waals surface area contributed by atoms with E-state index in [2.05, 4.69) is 26.3 Å². The molecule has 8 nitrogen and oxygen atoms in total. The summed E-state index contributed by atoms with van der Waals surface area (Å²) in [5.74, 6) is 1.85. The van der Waals surface area contributed by atoms with Gasteiger partial charge in [-0.3, -0.25) is 0 Å². The Balaban J connectivity index is 1.86. The van der Waals surface area contributed by atoms with Gasteiger partial charge in [0.1, 0.15) is 6.34 Å². The molecule has 1 aliphatic rings. The Bertz CT molecular complexity index is 493. The van der Waals surface area contributed by atoms with Crippen molar-refractivity contribution in [3.8, 4) is 17.2 Å². The average Bonchev–Trinajstić information content (AvgIpc) is 2.61. The Hall–Kier alpha value is -2.19. The van der Waals surface area contributed by atoms with Gasteiger partial charge in [-0.2, -0.15) is 5.10 Å². The van der Waals surface area contributed by atoms with Crippen LogP contribution in [0.4, 0.5) is 0 Å². The van der Waals surface area contributed by atoms with Crippen LogP contribution in [0.25, 0.3) is 0 Å². The van der Waals surface area contributed by atoms with Gasteiger partial charge in [0.05, 0.1) is 21.3 Å². The fourth-order valence-electron chi connectivity index (χ4n) is 2.33. The van der Waals surface area contributed by atoms with Crippen LogP contribution in [0.2, 0.25) is 0 Å². The van der Waals surface area contributed by atoms with Gasteiger partial charge in [-0.15, -0.1) is 0 Å². The number of piperazine rings is 1. The lowest BCUT2D eigenvalue weighted by Crippen LogP contribution is -2.43. The zero-order chi connectivity index (χ0) is 16.5. The molecule has 3 N–H and O–H groups in total. The highest BCUT2D eigenvalue weighted by atomic mass is 16.5. The first kappa shape index (κ1) is 17.2. The summed E-state index contributed by atoms with van der Waals surface area (Å²) in [7, 11) is 4.79. The lowest BCUT2D eigenvalue weighted by Gasteiger charge is -2.24. The third kappa shape index (κ3) is 4.90. The fraction of sp³-hybridized carbons (Fsp3) is 0.533. The second-order valence-electron chi connectivity index (χ2n) is 5.03. The second kappa shape index (κ2) is 9.06. The third-order valence-corrected chi connectivity index (χ3v) is 3.53. The molecular formula is C15H25N5O3. The van der Waals surface area contributed by atoms with Crippen molar-refractivity contribution in [1.29, 1.82) is 0 Å². The van der Waals surface area contributed by atoms with Crippen LogP contribution in [0.15, 0.2) is 17.2 Å². The van der Waals surface area contributed by atoms with Crippen molar-refractivity contribution in [3.05, 3.63) is 17.7 Å². The van der Waals surface area contributed by atoms with Crippen molar-refractivity contribution in [1.82, 2.24) is 21.2 Å². The predicted molar refractivity (Wildman–Crippen MR) is 89.0 cm³/mol. The van der Waals surface area contributed by atoms with Gasteiger partial charge in [-0.1, -0.05) is 0 Å². The fourth-order valence-corrected chi connectivity index (χ4v) is 2.33. The minimum absolute atomic E-state index is 0.565. The van der Waals surface area contributed by atoms with Crippen LogP contribution in [-0.2, 0) is 6.54 Å². The van der Waals surface area contributed by atoms with Crippen LogP contribution in [-0.4, -0.2) is 58.7 Å². The number of methoxy groups -OCH3 is 3. The van der Waals surface area contributed by atoms with E-state index in [1.807, 2.05) is 18.5 Å². The Morgan fingerprint density at radius 3 is 2.35 bits per heavy atom. The molecule has 0 radical (unpaired) electrons. The number of hydrazine groups is 1. The van der Waals surface area contributed by atoms with Crippen LogP contribution in [0, 0.1) is 0 Å². The summed E-state index contributed by atoms with van der Waals surface area (Å²) in [4.78, 5) is 2.16. The van der Waals surface area contributed by atoms with E-state index in [-0.39, 0.29) is 0 Å². The van der Waals surface area contributed by atoms with E-state index < -0.39 is 0 Å². The summed E-state index contributed by atoms with van der Waals surface area (Å²) in [5.41, 5.74) is 6.86. The molecule has 0 saturated carbocycles. The average molecular weight is 323 g/mol. The Kier molecular flexibility index (Phi) is 6.76. The van der Waals surface area contributed by atoms with Crippen molar-refractivity contribution in [3.63, 3.8) is 0 Å². The maximum absolute atomic E-state index is 5.33. The summed E-state index contributed by atoms with van der Waals surface area (Å²) in [6.07, 6.45) is 1.81. The molecule has 1 aromatic rings. The number of ether oxygens (including phenoxy) is 3. The molecular weight excluding hydrogens is 298 g/mol. The molecule has 1 aliphatic heterocycles. The molecule has 23 heavy (non-hydrogen) atoms. The summed E-state index contributed by atoms with van der Waals surface area (Å²) in [5, 5.41) is 7.45. The van der Waals surface area contributed by atoms with Gasteiger partial charge < -0.3 is 24.4 Å². The highest BCUT2D eigenvalue weighted by Crippen LogP contribution is 2.38. The normalized spacial score (nSPS) is 14.8. The Labute approximate surface area is 136 Å². The topological polar surface area (TPSA) is 79.4 Å². The molecule has 0 aliphatic carbocycles. The van der Waals surface area contributed by atoms with Crippen molar-refractivity contribution in [2.75, 3.05) is 47.5 Å². The van der Waals surface area contributed by atoms with Gasteiger partial charge in [-0.25, -0.2) is 11.0 Å². The Morgan fingerprint density at radius 1 is 1.13 bits per heavy atom. The van der Waals surface area contributed by atoms with Gasteiger partial charge in [-0.05, 0) is 17.7 Å². The maximum Gasteiger partial charge on any atom is 0.203 e. The molecule has 128 valence electrons. The van der Waals surface area contributed by atoms with Crippen molar-refractivity contribution in [2.24, 2.45) is 5.10 Å². The van der Waals surface area contributed by atoms with Crippen molar-refractivity contribution >= 4 is 6.34 Å². The number of hydrogen-bond acceptors (Lipinski definition) is 7. The number of nitrogens with zero attached hydrogens (tertiary/aromatic N) is 2. The lowest BCUT2D eigenvalue weighted by atomic mass is 10.2. The van der Waals surface area contributed by atoms with Crippen LogP contribution in [0.5, 0.6) is 17.2 Å². The van der Waals surface area contributed by atoms with E-state index in [1.165, 1.54) is 0 Å². The van der Waals surface area contributed by atoms with Crippen molar-refractivity contribution < 1.29 is 14.2 Å². The van der Waals surface area contributed by atoms with Crippen LogP contribution in [0.1, 0.15) is 5.56 Å². The molecule has 0 bridgehead atoms. The molecule has 1 heterocycles. The van der Waals surface area contributed by atoms with E-state index in [4.69, 9.17) is 14.2 Å². The van der Waals surface area contributed by atoms with Gasteiger partial charge in [0.15, 0.2) is 11.5 Å². The minimum Gasteiger partial charge on any atom is -0.493 e. The van der Waals surface area contributed by atoms with Crippen LogP contribution < -0.4 is 30.5 Å². The number of hydrazone groups is 1. The summed E-state index contributed by atoms with van der Waals surface area (Å²) in [6, 6.07) is 3.80. The number of benzene rings is 1. The summed E-state index contributed by atoms with van der Waals surface area (Å²) in [6.45, 7) is 4.49. The first-order chi connectivity index (χ1) is 11.3. The van der Waals surface area contributed by atoms with Gasteiger partial charge in [0, 0.05) is 32.7 Å². The van der Waals surface area contributed by atoms with E-state index >= 15 is 0 Å². The van der Waals surface area contributed by atoms with E-state index in [9.17, 15) is 0 Å². The molecule has 0 aromatic heterocycles. The molecule has 1 fully saturated rings. The zero-order valence-corrected chi connectivity index (χ0v) is 13.9. The van der Waals surface area contributed by atoms with Gasteiger partial charge in [0.25, 0.3) is 0 Å². The molecule has 1 saturated heterocycles. The number of rotatable bonds is 8. The van der Waals surface area contributed by atoms with E-state index in [0.717, 1.165) is 31.7 Å². The van der Waals surface area contributed by atoms with Crippen molar-refractivity contribution in [2.45, 2.75) is 6.54 Å². The summed E-state index contributed by atoms with van der Waals surface area (Å²) < 4.78 is 16.0. The predicted octanol–water partition coefficient (Wildman–Crippen LogP) is 0.155. The molecule has 0 amide bonds. The monoisotopic (exact) mass is 323 g/mol. The SMILES string of the molecule is COc1cc(CNNN=CN2CCNCC2)cc(OC)c1OC. The standard InChI is InChI=1S/C15H25N5O3/c1-21-13-8-12(9-14(22-2)15(13)23-3)10-17-19-18-11-20-6-4-16-5-7-20/h8-9,11,16-17,19H,4-7,10H2,1-3H3. The molecule has 0 atom stereocenters. The molecule has 1 aromatic carbocycles. The van der Waals surface area contributed by atoms with E-state index in [1.54, 1.807) is 21.3 Å². The van der Waals surface area contributed by atoms with Gasteiger partial charge >= 0.3 is 0 Å². The number of nitrogens with one attached hydrogen (secondary N) is 3. The smallest absolute Gasteiger partial charge is 0.203 e. The highest BCUT2D eigenvalue weighted by molar-refractivity contribution is 5.55. The highest BCUT2D eigenvalue weighted by Gasteiger charge is 2.12. The number of hydrogen-bond donors (Lipinski definition) is 3. The third-order valence-electron chi connectivity index (χ3n) is 3.53. The molecule has 8 heteroatoms. The van der Waals surface area contributed by atoms with Gasteiger partial charge in [0.2, 0.25) is 5.75 Å². The molecule has 2 rings (SSSR count). The first-order valence-corrected chi connectivity index (χ1v) is 7.53. The molecule has 0 spiro atoms. The zero-order valence-electron chi connectivity index (χ0n) is 13.9. The molecule has 0 unspecified atom stereocenters. The van der Waals surface area contributed by atoms with Crippen LogP contribution in [0.3, 0.4) is 0 Å². The van der Waals surface area contributed by atoms with Crippen LogP contribution >= 0.6 is 0 Å². The summed E-state index contributed by atoms with van der Waals surface area (Å²) >= 11 is 0. The Morgan fingerprint density at radius 2 is 1.78 bits per heavy atom. The maximum atomic E-state index is 5.33. The quantitative estimate of drug-likeness (QED) is 0.272. The largest absolute Gasteiger partial charge is 0.493 e.